The number of nitrogens with zero attached hydrogens (tertiary/aromatic N) is 4. The highest BCUT2D eigenvalue weighted by Gasteiger charge is 2.22. The molecule has 0 aromatic carbocycles. The number of fused-ring (bicyclic) bond motifs is 3. The number of hydrogen-bond donors (Lipinski definition) is 2. The van der Waals surface area contributed by atoms with Crippen LogP contribution in [0.5, 0.6) is 0 Å². The van der Waals surface area contributed by atoms with E-state index in [4.69, 9.17) is 10.5 Å². The van der Waals surface area contributed by atoms with E-state index in [-0.39, 0.29) is 0 Å². The Labute approximate surface area is 149 Å². The molecule has 3 aromatic rings. The van der Waals surface area contributed by atoms with Crippen molar-refractivity contribution in [2.75, 3.05) is 24.3 Å². The van der Waals surface area contributed by atoms with Crippen molar-refractivity contribution in [3.05, 3.63) is 22.8 Å². The molecule has 25 heavy (non-hydrogen) atoms. The molecule has 1 saturated heterocycles. The van der Waals surface area contributed by atoms with Gasteiger partial charge in [-0.25, -0.2) is 4.98 Å². The molecule has 4 heterocycles. The number of nitrogens with one attached hydrogen (secondary N) is 1. The van der Waals surface area contributed by atoms with Crippen LogP contribution in [0.15, 0.2) is 12.4 Å². The molecule has 1 aliphatic carbocycles. The molecular weight excluding hydrogens is 336 g/mol. The van der Waals surface area contributed by atoms with Gasteiger partial charge in [0.25, 0.3) is 0 Å². The van der Waals surface area contributed by atoms with Gasteiger partial charge in [0.05, 0.1) is 23.3 Å². The average Bonchev–Trinajstić information content (AvgIpc) is 3.31. The molecule has 130 valence electrons. The van der Waals surface area contributed by atoms with Gasteiger partial charge in [0.2, 0.25) is 5.95 Å². The Morgan fingerprint density at radius 3 is 3.00 bits per heavy atom. The first kappa shape index (κ1) is 15.1. The number of nitrogens with two attached hydrogens (primary N) is 1. The molecule has 0 spiro atoms. The normalized spacial score (nSPS) is 17.9. The molecule has 0 amide bonds. The summed E-state index contributed by atoms with van der Waals surface area (Å²) in [6, 6.07) is 0.401. The van der Waals surface area contributed by atoms with Crippen molar-refractivity contribution in [1.29, 1.82) is 0 Å². The minimum absolute atomic E-state index is 0.401. The maximum Gasteiger partial charge on any atom is 0.230 e. The van der Waals surface area contributed by atoms with Crippen molar-refractivity contribution < 1.29 is 4.74 Å². The highest BCUT2D eigenvalue weighted by atomic mass is 32.1. The van der Waals surface area contributed by atoms with Gasteiger partial charge in [-0.1, -0.05) is 0 Å². The number of nitrogen functional groups attached to an aromatic ring is 1. The maximum absolute atomic E-state index is 6.23. The maximum atomic E-state index is 6.23. The zero-order chi connectivity index (χ0) is 16.8. The Bertz CT molecular complexity index is 927. The molecule has 0 atom stereocenters. The molecule has 3 aromatic heterocycles. The topological polar surface area (TPSA) is 90.9 Å². The molecule has 0 radical (unpaired) electrons. The van der Waals surface area contributed by atoms with Crippen LogP contribution in [-0.2, 0) is 17.6 Å². The lowest BCUT2D eigenvalue weighted by Crippen LogP contribution is -2.19. The zero-order valence-corrected chi connectivity index (χ0v) is 14.7. The van der Waals surface area contributed by atoms with Crippen molar-refractivity contribution in [3.8, 4) is 0 Å². The first-order valence-corrected chi connectivity index (χ1v) is 9.56. The van der Waals surface area contributed by atoms with E-state index in [1.165, 1.54) is 16.9 Å². The summed E-state index contributed by atoms with van der Waals surface area (Å²) in [6.45, 7) is 1.60. The molecule has 8 heteroatoms. The van der Waals surface area contributed by atoms with Gasteiger partial charge < -0.3 is 15.8 Å². The third kappa shape index (κ3) is 2.65. The predicted octanol–water partition coefficient (Wildman–Crippen LogP) is 3.05. The van der Waals surface area contributed by atoms with Gasteiger partial charge in [0.1, 0.15) is 10.6 Å². The van der Waals surface area contributed by atoms with Crippen LogP contribution in [0.2, 0.25) is 0 Å². The van der Waals surface area contributed by atoms with Crippen molar-refractivity contribution in [2.24, 2.45) is 0 Å². The second-order valence-corrected chi connectivity index (χ2v) is 7.73. The van der Waals surface area contributed by atoms with Crippen LogP contribution in [0.1, 0.15) is 35.7 Å². The summed E-state index contributed by atoms with van der Waals surface area (Å²) >= 11 is 1.75. The van der Waals surface area contributed by atoms with E-state index in [1.54, 1.807) is 11.3 Å². The van der Waals surface area contributed by atoms with Gasteiger partial charge in [-0.2, -0.15) is 10.1 Å². The summed E-state index contributed by atoms with van der Waals surface area (Å²) in [5.74, 6) is 1.11. The van der Waals surface area contributed by atoms with E-state index in [0.29, 0.717) is 17.8 Å². The van der Waals surface area contributed by atoms with Crippen LogP contribution < -0.4 is 11.1 Å². The van der Waals surface area contributed by atoms with E-state index >= 15 is 0 Å². The van der Waals surface area contributed by atoms with E-state index < -0.39 is 0 Å². The smallest absolute Gasteiger partial charge is 0.230 e. The largest absolute Gasteiger partial charge is 0.383 e. The lowest BCUT2D eigenvalue weighted by Gasteiger charge is -2.22. The number of thiophene rings is 1. The Morgan fingerprint density at radius 1 is 1.24 bits per heavy atom. The van der Waals surface area contributed by atoms with Crippen LogP contribution in [0, 0.1) is 0 Å². The van der Waals surface area contributed by atoms with Crippen LogP contribution in [0.4, 0.5) is 17.5 Å². The quantitative estimate of drug-likeness (QED) is 0.749. The van der Waals surface area contributed by atoms with Crippen LogP contribution in [0.25, 0.3) is 10.2 Å². The highest BCUT2D eigenvalue weighted by Crippen LogP contribution is 2.39. The van der Waals surface area contributed by atoms with Crippen molar-refractivity contribution in [3.63, 3.8) is 0 Å². The summed E-state index contributed by atoms with van der Waals surface area (Å²) in [7, 11) is 0. The van der Waals surface area contributed by atoms with E-state index in [1.807, 2.05) is 17.1 Å². The van der Waals surface area contributed by atoms with E-state index in [9.17, 15) is 0 Å². The third-order valence-corrected chi connectivity index (χ3v) is 6.20. The summed E-state index contributed by atoms with van der Waals surface area (Å²) in [5, 5.41) is 8.78. The summed E-state index contributed by atoms with van der Waals surface area (Å²) < 4.78 is 7.42. The number of rotatable bonds is 3. The fourth-order valence-electron chi connectivity index (χ4n) is 3.76. The van der Waals surface area contributed by atoms with E-state index in [2.05, 4.69) is 20.4 Å². The summed E-state index contributed by atoms with van der Waals surface area (Å²) in [5.41, 5.74) is 8.47. The van der Waals surface area contributed by atoms with E-state index in [0.717, 1.165) is 54.8 Å². The van der Waals surface area contributed by atoms with Crippen molar-refractivity contribution >= 4 is 39.0 Å². The summed E-state index contributed by atoms with van der Waals surface area (Å²) in [4.78, 5) is 11.5. The first-order valence-electron chi connectivity index (χ1n) is 8.74. The SMILES string of the molecule is Nc1nc(Nc2cnn(C3CCOCC3)c2)nc2sc3c(c12)CCC3. The zero-order valence-electron chi connectivity index (χ0n) is 13.9. The van der Waals surface area contributed by atoms with Crippen LogP contribution in [0.3, 0.4) is 0 Å². The third-order valence-electron chi connectivity index (χ3n) is 5.02. The van der Waals surface area contributed by atoms with Gasteiger partial charge in [-0.05, 0) is 37.7 Å². The highest BCUT2D eigenvalue weighted by molar-refractivity contribution is 7.19. The van der Waals surface area contributed by atoms with Gasteiger partial charge in [0, 0.05) is 24.3 Å². The minimum Gasteiger partial charge on any atom is -0.383 e. The molecule has 7 nitrogen and oxygen atoms in total. The number of ether oxygens (including phenoxy) is 1. The molecule has 0 saturated carbocycles. The molecular formula is C17H20N6OS. The van der Waals surface area contributed by atoms with Gasteiger partial charge in [0.15, 0.2) is 0 Å². The molecule has 3 N–H and O–H groups in total. The standard InChI is InChI=1S/C17H20N6OS/c18-15-14-12-2-1-3-13(12)25-16(14)22-17(21-15)20-10-8-19-23(9-10)11-4-6-24-7-5-11/h8-9,11H,1-7H2,(H3,18,20,21,22). The van der Waals surface area contributed by atoms with Crippen LogP contribution in [-0.4, -0.2) is 33.0 Å². The van der Waals surface area contributed by atoms with Gasteiger partial charge >= 0.3 is 0 Å². The van der Waals surface area contributed by atoms with Crippen LogP contribution >= 0.6 is 11.3 Å². The molecule has 2 aliphatic rings. The average molecular weight is 356 g/mol. The Balaban J connectivity index is 1.41. The minimum atomic E-state index is 0.401. The lowest BCUT2D eigenvalue weighted by molar-refractivity contribution is 0.0662. The Morgan fingerprint density at radius 2 is 2.12 bits per heavy atom. The Kier molecular flexibility index (Phi) is 3.60. The van der Waals surface area contributed by atoms with Crippen molar-refractivity contribution in [1.82, 2.24) is 19.7 Å². The molecule has 1 fully saturated rings. The predicted molar refractivity (Wildman–Crippen MR) is 98.5 cm³/mol. The second kappa shape index (κ2) is 5.96. The fraction of sp³-hybridized carbons (Fsp3) is 0.471. The van der Waals surface area contributed by atoms with Crippen molar-refractivity contribution in [2.45, 2.75) is 38.1 Å². The van der Waals surface area contributed by atoms with Gasteiger partial charge in [-0.3, -0.25) is 4.68 Å². The number of aromatic nitrogens is 4. The molecule has 1 aliphatic heterocycles. The number of hydrogen-bond acceptors (Lipinski definition) is 7. The monoisotopic (exact) mass is 356 g/mol. The molecule has 0 bridgehead atoms. The van der Waals surface area contributed by atoms with Gasteiger partial charge in [-0.15, -0.1) is 11.3 Å². The molecule has 5 rings (SSSR count). The first-order chi connectivity index (χ1) is 12.3. The Hall–Kier alpha value is -2.19. The molecule has 0 unspecified atom stereocenters. The number of anilines is 3. The fourth-order valence-corrected chi connectivity index (χ4v) is 5.03. The summed E-state index contributed by atoms with van der Waals surface area (Å²) in [6.07, 6.45) is 9.25. The lowest BCUT2D eigenvalue weighted by atomic mass is 10.1. The second-order valence-electron chi connectivity index (χ2n) is 6.65. The number of aryl methyl sites for hydroxylation is 2.